The molecule has 3 N–H and O–H groups in total. The maximum Gasteiger partial charge on any atom is 0.225 e. The maximum atomic E-state index is 5.70. The average molecular weight is 276 g/mol. The van der Waals surface area contributed by atoms with E-state index in [1.807, 2.05) is 30.5 Å². The van der Waals surface area contributed by atoms with Crippen molar-refractivity contribution in [3.8, 4) is 11.6 Å². The van der Waals surface area contributed by atoms with Gasteiger partial charge in [0.15, 0.2) is 5.16 Å². The van der Waals surface area contributed by atoms with Crippen LogP contribution in [0.1, 0.15) is 12.5 Å². The normalized spacial score (nSPS) is 10.3. The van der Waals surface area contributed by atoms with Crippen LogP contribution in [-0.2, 0) is 6.42 Å². The van der Waals surface area contributed by atoms with E-state index in [1.54, 1.807) is 6.07 Å². The Bertz CT molecular complexity index is 523. The average Bonchev–Trinajstić information content (AvgIpc) is 2.47. The van der Waals surface area contributed by atoms with Crippen LogP contribution in [-0.4, -0.2) is 16.2 Å². The number of hydrogen-bond acceptors (Lipinski definition) is 6. The van der Waals surface area contributed by atoms with Crippen molar-refractivity contribution in [3.05, 3.63) is 35.9 Å². The number of aromatic nitrogens is 2. The fourth-order valence-corrected chi connectivity index (χ4v) is 1.91. The largest absolute Gasteiger partial charge is 0.439 e. The van der Waals surface area contributed by atoms with Crippen LogP contribution >= 0.6 is 11.8 Å². The number of thioether (sulfide) groups is 1. The van der Waals surface area contributed by atoms with Crippen LogP contribution in [0.4, 0.5) is 5.82 Å². The smallest absolute Gasteiger partial charge is 0.225 e. The monoisotopic (exact) mass is 276 g/mol. The van der Waals surface area contributed by atoms with Gasteiger partial charge in [0.2, 0.25) is 5.88 Å². The second-order valence-corrected chi connectivity index (χ2v) is 4.60. The molecule has 100 valence electrons. The Kier molecular flexibility index (Phi) is 4.59. The van der Waals surface area contributed by atoms with E-state index >= 15 is 0 Å². The highest BCUT2D eigenvalue weighted by molar-refractivity contribution is 7.98. The van der Waals surface area contributed by atoms with Gasteiger partial charge in [0.1, 0.15) is 11.6 Å². The molecule has 1 aromatic carbocycles. The number of anilines is 1. The number of hydrazine groups is 1. The number of nitrogen functional groups attached to an aromatic ring is 1. The zero-order valence-corrected chi connectivity index (χ0v) is 11.7. The minimum atomic E-state index is 0.469. The molecule has 2 aromatic rings. The fourth-order valence-electron chi connectivity index (χ4n) is 1.54. The standard InChI is InChI=1S/C13H16N4OS/c1-3-9-4-6-10(7-5-9)18-12-8-11(17-14)15-13(16-12)19-2/h4-8H,3,14H2,1-2H3,(H,15,16,17). The third-order valence-corrected chi connectivity index (χ3v) is 3.11. The predicted octanol–water partition coefficient (Wildman–Crippen LogP) is 2.84. The zero-order valence-electron chi connectivity index (χ0n) is 10.9. The highest BCUT2D eigenvalue weighted by atomic mass is 32.2. The summed E-state index contributed by atoms with van der Waals surface area (Å²) >= 11 is 1.43. The zero-order chi connectivity index (χ0) is 13.7. The Labute approximate surface area is 116 Å². The van der Waals surface area contributed by atoms with E-state index < -0.39 is 0 Å². The van der Waals surface area contributed by atoms with Crippen molar-refractivity contribution in [3.63, 3.8) is 0 Å². The van der Waals surface area contributed by atoms with Crippen LogP contribution in [0.3, 0.4) is 0 Å². The first kappa shape index (κ1) is 13.6. The first-order valence-corrected chi connectivity index (χ1v) is 7.14. The van der Waals surface area contributed by atoms with E-state index in [1.165, 1.54) is 17.3 Å². The minimum absolute atomic E-state index is 0.469. The van der Waals surface area contributed by atoms with Crippen LogP contribution in [0, 0.1) is 0 Å². The fraction of sp³-hybridized carbons (Fsp3) is 0.231. The van der Waals surface area contributed by atoms with Gasteiger partial charge in [0.25, 0.3) is 0 Å². The van der Waals surface area contributed by atoms with Gasteiger partial charge < -0.3 is 10.2 Å². The molecule has 0 aliphatic carbocycles. The maximum absolute atomic E-state index is 5.70. The number of nitrogens with two attached hydrogens (primary N) is 1. The molecule has 0 bridgehead atoms. The molecule has 0 fully saturated rings. The lowest BCUT2D eigenvalue weighted by Crippen LogP contribution is -2.09. The molecule has 6 heteroatoms. The lowest BCUT2D eigenvalue weighted by atomic mass is 10.2. The number of hydrogen-bond donors (Lipinski definition) is 2. The summed E-state index contributed by atoms with van der Waals surface area (Å²) < 4.78 is 5.70. The Hall–Kier alpha value is -1.79. The van der Waals surface area contributed by atoms with E-state index in [0.29, 0.717) is 16.9 Å². The number of nitrogens with zero attached hydrogens (tertiary/aromatic N) is 2. The van der Waals surface area contributed by atoms with Crippen LogP contribution < -0.4 is 16.0 Å². The molecule has 0 aliphatic heterocycles. The first-order chi connectivity index (χ1) is 9.25. The lowest BCUT2D eigenvalue weighted by Gasteiger charge is -2.08. The van der Waals surface area contributed by atoms with Crippen LogP contribution in [0.2, 0.25) is 0 Å². The number of aryl methyl sites for hydroxylation is 1. The SMILES string of the molecule is CCc1ccc(Oc2cc(NN)nc(SC)n2)cc1. The van der Waals surface area contributed by atoms with E-state index in [0.717, 1.165) is 12.2 Å². The summed E-state index contributed by atoms with van der Waals surface area (Å²) in [6, 6.07) is 9.58. The molecule has 0 unspecified atom stereocenters. The van der Waals surface area contributed by atoms with Gasteiger partial charge in [-0.15, -0.1) is 0 Å². The summed E-state index contributed by atoms with van der Waals surface area (Å²) in [6.07, 6.45) is 2.90. The molecule has 0 saturated heterocycles. The molecular weight excluding hydrogens is 260 g/mol. The molecule has 2 rings (SSSR count). The van der Waals surface area contributed by atoms with Crippen molar-refractivity contribution in [2.24, 2.45) is 5.84 Å². The van der Waals surface area contributed by atoms with Crippen molar-refractivity contribution in [1.29, 1.82) is 0 Å². The van der Waals surface area contributed by atoms with Crippen LogP contribution in [0.5, 0.6) is 11.6 Å². The summed E-state index contributed by atoms with van der Waals surface area (Å²) in [5.41, 5.74) is 3.77. The highest BCUT2D eigenvalue weighted by Crippen LogP contribution is 2.24. The summed E-state index contributed by atoms with van der Waals surface area (Å²) in [6.45, 7) is 2.12. The number of benzene rings is 1. The lowest BCUT2D eigenvalue weighted by molar-refractivity contribution is 0.456. The second kappa shape index (κ2) is 6.40. The molecule has 5 nitrogen and oxygen atoms in total. The first-order valence-electron chi connectivity index (χ1n) is 5.91. The molecular formula is C13H16N4OS. The quantitative estimate of drug-likeness (QED) is 0.378. The molecule has 0 spiro atoms. The van der Waals surface area contributed by atoms with Gasteiger partial charge in [0, 0.05) is 6.07 Å². The molecule has 0 atom stereocenters. The Morgan fingerprint density at radius 2 is 2.00 bits per heavy atom. The van der Waals surface area contributed by atoms with Gasteiger partial charge in [-0.3, -0.25) is 0 Å². The van der Waals surface area contributed by atoms with Crippen LogP contribution in [0.15, 0.2) is 35.5 Å². The van der Waals surface area contributed by atoms with Gasteiger partial charge >= 0.3 is 0 Å². The number of nitrogens with one attached hydrogen (secondary N) is 1. The van der Waals surface area contributed by atoms with Crippen molar-refractivity contribution in [2.45, 2.75) is 18.5 Å². The summed E-state index contributed by atoms with van der Waals surface area (Å²) in [5.74, 6) is 7.11. The molecule has 1 heterocycles. The molecule has 1 aromatic heterocycles. The summed E-state index contributed by atoms with van der Waals surface area (Å²) in [5, 5.41) is 0.607. The number of rotatable bonds is 5. The third kappa shape index (κ3) is 3.59. The predicted molar refractivity (Wildman–Crippen MR) is 77.5 cm³/mol. The second-order valence-electron chi connectivity index (χ2n) is 3.82. The van der Waals surface area contributed by atoms with Gasteiger partial charge in [-0.25, -0.2) is 10.8 Å². The Balaban J connectivity index is 2.21. The molecule has 0 radical (unpaired) electrons. The highest BCUT2D eigenvalue weighted by Gasteiger charge is 2.05. The van der Waals surface area contributed by atoms with Crippen molar-refractivity contribution in [2.75, 3.05) is 11.7 Å². The Morgan fingerprint density at radius 3 is 2.58 bits per heavy atom. The van der Waals surface area contributed by atoms with Crippen molar-refractivity contribution >= 4 is 17.6 Å². The minimum Gasteiger partial charge on any atom is -0.439 e. The van der Waals surface area contributed by atoms with E-state index in [-0.39, 0.29) is 0 Å². The summed E-state index contributed by atoms with van der Waals surface area (Å²) in [7, 11) is 0. The van der Waals surface area contributed by atoms with Crippen molar-refractivity contribution in [1.82, 2.24) is 9.97 Å². The number of ether oxygens (including phenoxy) is 1. The third-order valence-electron chi connectivity index (χ3n) is 2.57. The molecule has 0 saturated carbocycles. The van der Waals surface area contributed by atoms with E-state index in [9.17, 15) is 0 Å². The van der Waals surface area contributed by atoms with E-state index in [2.05, 4.69) is 22.3 Å². The van der Waals surface area contributed by atoms with Gasteiger partial charge in [-0.1, -0.05) is 30.8 Å². The topological polar surface area (TPSA) is 73.1 Å². The van der Waals surface area contributed by atoms with Gasteiger partial charge in [0.05, 0.1) is 0 Å². The molecule has 0 amide bonds. The molecule has 19 heavy (non-hydrogen) atoms. The Morgan fingerprint density at radius 1 is 1.26 bits per heavy atom. The summed E-state index contributed by atoms with van der Waals surface area (Å²) in [4.78, 5) is 8.45. The van der Waals surface area contributed by atoms with Crippen LogP contribution in [0.25, 0.3) is 0 Å². The van der Waals surface area contributed by atoms with Gasteiger partial charge in [-0.2, -0.15) is 4.98 Å². The molecule has 0 aliphatic rings. The van der Waals surface area contributed by atoms with Crippen molar-refractivity contribution < 1.29 is 4.74 Å². The van der Waals surface area contributed by atoms with Gasteiger partial charge in [-0.05, 0) is 30.4 Å². The van der Waals surface area contributed by atoms with E-state index in [4.69, 9.17) is 10.6 Å².